The van der Waals surface area contributed by atoms with E-state index in [9.17, 15) is 9.59 Å². The van der Waals surface area contributed by atoms with Gasteiger partial charge in [-0.05, 0) is 30.5 Å². The highest BCUT2D eigenvalue weighted by Crippen LogP contribution is 2.42. The lowest BCUT2D eigenvalue weighted by atomic mass is 9.87. The Hall–Kier alpha value is -3.88. The van der Waals surface area contributed by atoms with Crippen LogP contribution in [0.25, 0.3) is 0 Å². The fourth-order valence-corrected chi connectivity index (χ4v) is 4.17. The number of nitrogens with one attached hydrogen (secondary N) is 2. The van der Waals surface area contributed by atoms with Crippen molar-refractivity contribution in [3.8, 4) is 0 Å². The number of aromatic nitrogens is 4. The van der Waals surface area contributed by atoms with Crippen molar-refractivity contribution in [2.75, 3.05) is 22.1 Å². The fraction of sp³-hybridized carbons (Fsp3) is 0.333. The molecular weight excluding hydrogens is 418 g/mol. The fourth-order valence-electron chi connectivity index (χ4n) is 4.17. The van der Waals surface area contributed by atoms with Crippen molar-refractivity contribution in [2.45, 2.75) is 44.9 Å². The molecule has 168 valence electrons. The highest BCUT2D eigenvalue weighted by Gasteiger charge is 2.37. The topological polar surface area (TPSA) is 113 Å². The minimum Gasteiger partial charge on any atom is -0.336 e. The molecule has 9 heteroatoms. The van der Waals surface area contributed by atoms with Gasteiger partial charge in [0, 0.05) is 36.2 Å². The molecule has 5 rings (SSSR count). The first kappa shape index (κ1) is 21.0. The van der Waals surface area contributed by atoms with Crippen LogP contribution in [-0.2, 0) is 10.2 Å². The zero-order chi connectivity index (χ0) is 23.2. The summed E-state index contributed by atoms with van der Waals surface area (Å²) in [7, 11) is 0. The van der Waals surface area contributed by atoms with Crippen molar-refractivity contribution in [3.05, 3.63) is 60.1 Å². The van der Waals surface area contributed by atoms with Crippen LogP contribution >= 0.6 is 0 Å². The highest BCUT2D eigenvalue weighted by atomic mass is 16.2. The predicted octanol–water partition coefficient (Wildman–Crippen LogP) is 3.78. The van der Waals surface area contributed by atoms with Gasteiger partial charge in [0.05, 0.1) is 30.0 Å². The summed E-state index contributed by atoms with van der Waals surface area (Å²) in [5.41, 5.74) is 3.97. The monoisotopic (exact) mass is 443 g/mol. The lowest BCUT2D eigenvalue weighted by Crippen LogP contribution is -2.32. The van der Waals surface area contributed by atoms with E-state index in [0.717, 1.165) is 29.8 Å². The van der Waals surface area contributed by atoms with Gasteiger partial charge in [0.15, 0.2) is 11.5 Å². The van der Waals surface area contributed by atoms with Crippen LogP contribution in [0.1, 0.15) is 61.3 Å². The third-order valence-corrected chi connectivity index (χ3v) is 6.03. The first-order valence-corrected chi connectivity index (χ1v) is 10.9. The number of carbonyl (C=O) groups excluding carboxylic acids is 2. The smallest absolute Gasteiger partial charge is 0.278 e. The molecule has 9 nitrogen and oxygen atoms in total. The summed E-state index contributed by atoms with van der Waals surface area (Å²) in [6.07, 6.45) is 8.45. The number of nitrogens with zero attached hydrogens (tertiary/aromatic N) is 5. The molecule has 2 aromatic heterocycles. The Balaban J connectivity index is 1.46. The molecule has 3 aromatic rings. The molecule has 0 unspecified atom stereocenters. The van der Waals surface area contributed by atoms with E-state index in [-0.39, 0.29) is 22.9 Å². The molecular formula is C24H25N7O2. The molecule has 1 fully saturated rings. The zero-order valence-electron chi connectivity index (χ0n) is 18.8. The Morgan fingerprint density at radius 3 is 2.55 bits per heavy atom. The normalized spacial score (nSPS) is 16.3. The lowest BCUT2D eigenvalue weighted by Gasteiger charge is -2.19. The molecule has 0 spiro atoms. The quantitative estimate of drug-likeness (QED) is 0.617. The van der Waals surface area contributed by atoms with Crippen LogP contribution in [0.4, 0.5) is 22.9 Å². The van der Waals surface area contributed by atoms with Gasteiger partial charge in [0.25, 0.3) is 5.91 Å². The predicted molar refractivity (Wildman–Crippen MR) is 125 cm³/mol. The van der Waals surface area contributed by atoms with Gasteiger partial charge in [-0.15, -0.1) is 0 Å². The maximum absolute atomic E-state index is 13.3. The number of hydrogen-bond donors (Lipinski definition) is 2. The Morgan fingerprint density at radius 2 is 1.85 bits per heavy atom. The van der Waals surface area contributed by atoms with Crippen LogP contribution in [0.15, 0.2) is 43.1 Å². The van der Waals surface area contributed by atoms with E-state index < -0.39 is 0 Å². The van der Waals surface area contributed by atoms with Gasteiger partial charge in [-0.3, -0.25) is 9.59 Å². The molecule has 2 N–H and O–H groups in total. The summed E-state index contributed by atoms with van der Waals surface area (Å²) >= 11 is 0. The van der Waals surface area contributed by atoms with Crippen molar-refractivity contribution >= 4 is 34.7 Å². The zero-order valence-corrected chi connectivity index (χ0v) is 18.8. The second-order valence-corrected chi connectivity index (χ2v) is 9.19. The summed E-state index contributed by atoms with van der Waals surface area (Å²) in [5, 5.41) is 6.02. The van der Waals surface area contributed by atoms with E-state index in [4.69, 9.17) is 0 Å². The van der Waals surface area contributed by atoms with E-state index in [1.807, 2.05) is 18.2 Å². The SMILES string of the molecule is CC(=O)N1CC(C)(C)c2ccc(NC(=O)c3nc(C4CC4)cnc3Nc3cncnc3)cc21. The Bertz CT molecular complexity index is 1240. The van der Waals surface area contributed by atoms with Crippen LogP contribution in [0.5, 0.6) is 0 Å². The number of anilines is 4. The van der Waals surface area contributed by atoms with E-state index in [1.54, 1.807) is 30.4 Å². The van der Waals surface area contributed by atoms with E-state index >= 15 is 0 Å². The molecule has 1 aliphatic heterocycles. The van der Waals surface area contributed by atoms with Gasteiger partial charge < -0.3 is 15.5 Å². The van der Waals surface area contributed by atoms with Crippen LogP contribution < -0.4 is 15.5 Å². The summed E-state index contributed by atoms with van der Waals surface area (Å²) in [6.45, 7) is 6.38. The Kier molecular flexibility index (Phi) is 5.03. The lowest BCUT2D eigenvalue weighted by molar-refractivity contribution is -0.116. The second-order valence-electron chi connectivity index (χ2n) is 9.19. The second kappa shape index (κ2) is 7.91. The summed E-state index contributed by atoms with van der Waals surface area (Å²) in [5.74, 6) is 0.282. The van der Waals surface area contributed by atoms with Gasteiger partial charge in [-0.25, -0.2) is 19.9 Å². The Morgan fingerprint density at radius 1 is 1.09 bits per heavy atom. The highest BCUT2D eigenvalue weighted by molar-refractivity contribution is 6.07. The minimum absolute atomic E-state index is 0.0233. The minimum atomic E-state index is -0.379. The summed E-state index contributed by atoms with van der Waals surface area (Å²) in [4.78, 5) is 44.3. The van der Waals surface area contributed by atoms with Crippen LogP contribution in [-0.4, -0.2) is 38.3 Å². The molecule has 3 heterocycles. The van der Waals surface area contributed by atoms with Gasteiger partial charge in [0.2, 0.25) is 5.91 Å². The third-order valence-electron chi connectivity index (χ3n) is 6.03. The number of fused-ring (bicyclic) bond motifs is 1. The van der Waals surface area contributed by atoms with Crippen molar-refractivity contribution < 1.29 is 9.59 Å². The molecule has 2 aliphatic rings. The Labute approximate surface area is 191 Å². The van der Waals surface area contributed by atoms with Crippen molar-refractivity contribution in [1.29, 1.82) is 0 Å². The average molecular weight is 444 g/mol. The van der Waals surface area contributed by atoms with Gasteiger partial charge in [-0.2, -0.15) is 0 Å². The largest absolute Gasteiger partial charge is 0.336 e. The molecule has 1 saturated carbocycles. The summed E-state index contributed by atoms with van der Waals surface area (Å²) < 4.78 is 0. The van der Waals surface area contributed by atoms with E-state index in [2.05, 4.69) is 44.4 Å². The molecule has 1 aliphatic carbocycles. The molecule has 1 aromatic carbocycles. The number of hydrogen-bond acceptors (Lipinski definition) is 7. The first-order chi connectivity index (χ1) is 15.8. The number of carbonyl (C=O) groups is 2. The molecule has 0 atom stereocenters. The average Bonchev–Trinajstić information content (AvgIpc) is 3.60. The molecule has 0 radical (unpaired) electrons. The molecule has 0 saturated heterocycles. The standard InChI is InChI=1S/C24H25N7O2/c1-14(32)31-12-24(2,3)18-7-6-16(8-20(18)31)29-23(33)21-22(28-17-9-25-13-26-10-17)27-11-19(30-21)15-4-5-15/h6-11,13,15H,4-5,12H2,1-3H3,(H,27,28)(H,29,33). The number of rotatable bonds is 5. The van der Waals surface area contributed by atoms with Crippen molar-refractivity contribution in [1.82, 2.24) is 19.9 Å². The van der Waals surface area contributed by atoms with Crippen LogP contribution in [0.2, 0.25) is 0 Å². The molecule has 2 amide bonds. The van der Waals surface area contributed by atoms with Crippen LogP contribution in [0, 0.1) is 0 Å². The number of benzene rings is 1. The first-order valence-electron chi connectivity index (χ1n) is 10.9. The van der Waals surface area contributed by atoms with Gasteiger partial charge in [-0.1, -0.05) is 19.9 Å². The molecule has 0 bridgehead atoms. The maximum atomic E-state index is 13.3. The third kappa shape index (κ3) is 4.13. The maximum Gasteiger partial charge on any atom is 0.278 e. The van der Waals surface area contributed by atoms with Crippen molar-refractivity contribution in [3.63, 3.8) is 0 Å². The van der Waals surface area contributed by atoms with E-state index in [0.29, 0.717) is 29.7 Å². The van der Waals surface area contributed by atoms with Gasteiger partial charge >= 0.3 is 0 Å². The van der Waals surface area contributed by atoms with Crippen LogP contribution in [0.3, 0.4) is 0 Å². The van der Waals surface area contributed by atoms with Crippen molar-refractivity contribution in [2.24, 2.45) is 0 Å². The van der Waals surface area contributed by atoms with E-state index in [1.165, 1.54) is 6.33 Å². The molecule has 33 heavy (non-hydrogen) atoms. The van der Waals surface area contributed by atoms with Gasteiger partial charge in [0.1, 0.15) is 6.33 Å². The summed E-state index contributed by atoms with van der Waals surface area (Å²) in [6, 6.07) is 5.68. The number of amides is 2.